The van der Waals surface area contributed by atoms with Crippen LogP contribution in [0.4, 0.5) is 0 Å². The van der Waals surface area contributed by atoms with Gasteiger partial charge in [-0.1, -0.05) is 44.8 Å². The Balaban J connectivity index is 2.04. The zero-order chi connectivity index (χ0) is 14.1. The highest BCUT2D eigenvalue weighted by atomic mass is 79.9. The minimum Gasteiger partial charge on any atom is -0.508 e. The molecule has 0 bridgehead atoms. The molecule has 4 nitrogen and oxygen atoms in total. The molecule has 0 saturated heterocycles. The molecule has 20 heavy (non-hydrogen) atoms. The summed E-state index contributed by atoms with van der Waals surface area (Å²) < 4.78 is 6.10. The molecule has 0 radical (unpaired) electrons. The molecule has 0 unspecified atom stereocenters. The van der Waals surface area contributed by atoms with Gasteiger partial charge >= 0.3 is 0 Å². The number of aromatic hydroxyl groups is 1. The first kappa shape index (κ1) is 13.1. The van der Waals surface area contributed by atoms with Crippen LogP contribution in [0, 0.1) is 0 Å². The first-order chi connectivity index (χ1) is 9.63. The molecule has 0 amide bonds. The van der Waals surface area contributed by atoms with E-state index in [0.29, 0.717) is 27.9 Å². The van der Waals surface area contributed by atoms with E-state index in [2.05, 4.69) is 26.1 Å². The van der Waals surface area contributed by atoms with E-state index in [0.717, 1.165) is 4.47 Å². The first-order valence-corrected chi connectivity index (χ1v) is 6.89. The van der Waals surface area contributed by atoms with Crippen molar-refractivity contribution < 1.29 is 9.63 Å². The van der Waals surface area contributed by atoms with Crippen LogP contribution in [0.1, 0.15) is 0 Å². The summed E-state index contributed by atoms with van der Waals surface area (Å²) in [5.41, 5.74) is 1.33. The fourth-order valence-corrected chi connectivity index (χ4v) is 2.32. The first-order valence-electron chi connectivity index (χ1n) is 5.72. The van der Waals surface area contributed by atoms with Crippen LogP contribution in [0.3, 0.4) is 0 Å². The largest absolute Gasteiger partial charge is 0.508 e. The Morgan fingerprint density at radius 2 is 2.00 bits per heavy atom. The molecule has 0 aliphatic rings. The number of hydrogen-bond acceptors (Lipinski definition) is 4. The predicted octanol–water partition coefficient (Wildman–Crippen LogP) is 4.53. The molecular formula is C14H8BrClN2O2. The molecule has 0 atom stereocenters. The maximum Gasteiger partial charge on any atom is 0.259 e. The number of phenolic OH excluding ortho intramolecular Hbond substituents is 1. The molecule has 1 heterocycles. The maximum atomic E-state index is 9.47. The number of phenols is 1. The van der Waals surface area contributed by atoms with E-state index < -0.39 is 0 Å². The molecule has 0 spiro atoms. The van der Waals surface area contributed by atoms with Gasteiger partial charge in [0.05, 0.1) is 10.6 Å². The van der Waals surface area contributed by atoms with Gasteiger partial charge in [0.1, 0.15) is 5.75 Å². The Kier molecular flexibility index (Phi) is 3.46. The summed E-state index contributed by atoms with van der Waals surface area (Å²) in [6.07, 6.45) is 0. The van der Waals surface area contributed by atoms with Gasteiger partial charge in [-0.25, -0.2) is 0 Å². The Bertz CT molecular complexity index is 773. The van der Waals surface area contributed by atoms with Crippen LogP contribution >= 0.6 is 27.5 Å². The number of rotatable bonds is 2. The third-order valence-corrected chi connectivity index (χ3v) is 3.51. The number of aromatic nitrogens is 2. The van der Waals surface area contributed by atoms with Crippen LogP contribution in [0.2, 0.25) is 5.02 Å². The SMILES string of the molecule is Oc1cccc(-c2noc(-c3cc(Br)ccc3Cl)n2)c1. The standard InChI is InChI=1S/C14H8BrClN2O2/c15-9-4-5-12(16)11(7-9)14-17-13(18-20-14)8-2-1-3-10(19)6-8/h1-7,19H. The van der Waals surface area contributed by atoms with Gasteiger partial charge in [0, 0.05) is 10.0 Å². The van der Waals surface area contributed by atoms with Gasteiger partial charge in [0.15, 0.2) is 0 Å². The fourth-order valence-electron chi connectivity index (χ4n) is 1.76. The number of nitrogens with zero attached hydrogens (tertiary/aromatic N) is 2. The van der Waals surface area contributed by atoms with E-state index in [9.17, 15) is 5.11 Å². The van der Waals surface area contributed by atoms with Crippen molar-refractivity contribution in [1.82, 2.24) is 10.1 Å². The van der Waals surface area contributed by atoms with Gasteiger partial charge in [0.25, 0.3) is 5.89 Å². The summed E-state index contributed by atoms with van der Waals surface area (Å²) in [7, 11) is 0. The Hall–Kier alpha value is -1.85. The van der Waals surface area contributed by atoms with Crippen molar-refractivity contribution >= 4 is 27.5 Å². The van der Waals surface area contributed by atoms with Crippen molar-refractivity contribution in [2.45, 2.75) is 0 Å². The van der Waals surface area contributed by atoms with E-state index in [1.165, 1.54) is 0 Å². The second-order valence-corrected chi connectivity index (χ2v) is 5.42. The van der Waals surface area contributed by atoms with Crippen LogP contribution in [-0.4, -0.2) is 15.2 Å². The third kappa shape index (κ3) is 2.55. The summed E-state index contributed by atoms with van der Waals surface area (Å²) in [6.45, 7) is 0. The summed E-state index contributed by atoms with van der Waals surface area (Å²) in [5, 5.41) is 13.9. The van der Waals surface area contributed by atoms with Gasteiger partial charge in [0.2, 0.25) is 5.82 Å². The molecule has 2 aromatic carbocycles. The number of halogens is 2. The van der Waals surface area contributed by atoms with Crippen molar-refractivity contribution in [2.75, 3.05) is 0 Å². The fraction of sp³-hybridized carbons (Fsp3) is 0. The molecule has 1 N–H and O–H groups in total. The van der Waals surface area contributed by atoms with Crippen molar-refractivity contribution in [3.63, 3.8) is 0 Å². The van der Waals surface area contributed by atoms with Gasteiger partial charge in [-0.05, 0) is 30.3 Å². The normalized spacial score (nSPS) is 10.7. The lowest BCUT2D eigenvalue weighted by molar-refractivity contribution is 0.432. The highest BCUT2D eigenvalue weighted by Gasteiger charge is 2.14. The van der Waals surface area contributed by atoms with Crippen LogP contribution < -0.4 is 0 Å². The highest BCUT2D eigenvalue weighted by molar-refractivity contribution is 9.10. The van der Waals surface area contributed by atoms with Crippen LogP contribution in [0.15, 0.2) is 51.5 Å². The second kappa shape index (κ2) is 5.26. The topological polar surface area (TPSA) is 59.2 Å². The lowest BCUT2D eigenvalue weighted by atomic mass is 10.2. The van der Waals surface area contributed by atoms with Gasteiger partial charge in [-0.3, -0.25) is 0 Å². The molecule has 1 aromatic heterocycles. The monoisotopic (exact) mass is 350 g/mol. The smallest absolute Gasteiger partial charge is 0.259 e. The second-order valence-electron chi connectivity index (χ2n) is 4.10. The number of benzene rings is 2. The molecule has 3 rings (SSSR count). The van der Waals surface area contributed by atoms with E-state index in [1.807, 2.05) is 12.1 Å². The lowest BCUT2D eigenvalue weighted by Gasteiger charge is -1.98. The zero-order valence-corrected chi connectivity index (χ0v) is 12.4. The van der Waals surface area contributed by atoms with Crippen LogP contribution in [-0.2, 0) is 0 Å². The molecule has 0 fully saturated rings. The van der Waals surface area contributed by atoms with E-state index in [4.69, 9.17) is 16.1 Å². The molecule has 3 aromatic rings. The average Bonchev–Trinajstić information content (AvgIpc) is 2.91. The predicted molar refractivity (Wildman–Crippen MR) is 79.5 cm³/mol. The van der Waals surface area contributed by atoms with Crippen molar-refractivity contribution in [2.24, 2.45) is 0 Å². The number of hydrogen-bond donors (Lipinski definition) is 1. The average molecular weight is 352 g/mol. The van der Waals surface area contributed by atoms with Gasteiger partial charge in [-0.2, -0.15) is 4.98 Å². The van der Waals surface area contributed by atoms with Gasteiger partial charge in [-0.15, -0.1) is 0 Å². The zero-order valence-electron chi connectivity index (χ0n) is 10.0. The summed E-state index contributed by atoms with van der Waals surface area (Å²) >= 11 is 9.50. The molecule has 100 valence electrons. The summed E-state index contributed by atoms with van der Waals surface area (Å²) in [4.78, 5) is 4.30. The van der Waals surface area contributed by atoms with Crippen LogP contribution in [0.25, 0.3) is 22.8 Å². The summed E-state index contributed by atoms with van der Waals surface area (Å²) in [6, 6.07) is 12.0. The highest BCUT2D eigenvalue weighted by Crippen LogP contribution is 2.31. The third-order valence-electron chi connectivity index (χ3n) is 2.69. The molecule has 0 aliphatic heterocycles. The minimum atomic E-state index is 0.148. The quantitative estimate of drug-likeness (QED) is 0.737. The van der Waals surface area contributed by atoms with E-state index >= 15 is 0 Å². The van der Waals surface area contributed by atoms with Crippen molar-refractivity contribution in [1.29, 1.82) is 0 Å². The van der Waals surface area contributed by atoms with Crippen molar-refractivity contribution in [3.8, 4) is 28.6 Å². The lowest BCUT2D eigenvalue weighted by Crippen LogP contribution is -1.82. The Morgan fingerprint density at radius 1 is 1.15 bits per heavy atom. The Labute approximate surface area is 128 Å². The van der Waals surface area contributed by atoms with E-state index in [-0.39, 0.29) is 5.75 Å². The molecular weight excluding hydrogens is 344 g/mol. The Morgan fingerprint density at radius 3 is 2.80 bits per heavy atom. The minimum absolute atomic E-state index is 0.148. The molecule has 6 heteroatoms. The van der Waals surface area contributed by atoms with Crippen LogP contribution in [0.5, 0.6) is 5.75 Å². The van der Waals surface area contributed by atoms with Crippen molar-refractivity contribution in [3.05, 3.63) is 52.0 Å². The van der Waals surface area contributed by atoms with E-state index in [1.54, 1.807) is 30.3 Å². The van der Waals surface area contributed by atoms with Gasteiger partial charge < -0.3 is 9.63 Å². The molecule has 0 aliphatic carbocycles. The molecule has 0 saturated carbocycles. The summed E-state index contributed by atoms with van der Waals surface area (Å²) in [5.74, 6) is 0.871. The maximum absolute atomic E-state index is 9.47.